The van der Waals surface area contributed by atoms with Gasteiger partial charge in [0.15, 0.2) is 9.84 Å². The van der Waals surface area contributed by atoms with Crippen molar-refractivity contribution in [3.8, 4) is 5.75 Å². The number of carbonyl (C=O) groups is 1. The molecule has 0 unspecified atom stereocenters. The molecule has 2 aromatic rings. The lowest BCUT2D eigenvalue weighted by Crippen LogP contribution is -2.71. The first kappa shape index (κ1) is 36.3. The zero-order valence-electron chi connectivity index (χ0n) is 30.3. The molecule has 2 spiro atoms. The molecule has 2 saturated heterocycles. The Kier molecular flexibility index (Phi) is 9.08. The van der Waals surface area contributed by atoms with Crippen LogP contribution in [0.3, 0.4) is 0 Å². The number of fused-ring (bicyclic) bond motifs is 4. The largest absolute Gasteiger partial charge is 0.490 e. The summed E-state index contributed by atoms with van der Waals surface area (Å²) in [5.74, 6) is 0.717. The number of nitrogens with one attached hydrogen (secondary N) is 1. The monoisotopic (exact) mass is 771 g/mol. The van der Waals surface area contributed by atoms with Gasteiger partial charge in [0.05, 0.1) is 29.0 Å². The molecule has 10 nitrogen and oxygen atoms in total. The molecule has 52 heavy (non-hydrogen) atoms. The molecule has 1 saturated carbocycles. The number of anilines is 1. The van der Waals surface area contributed by atoms with Crippen molar-refractivity contribution in [1.29, 1.82) is 0 Å². The second kappa shape index (κ2) is 13.0. The van der Waals surface area contributed by atoms with E-state index in [1.54, 1.807) is 26.2 Å². The minimum atomic E-state index is -3.99. The van der Waals surface area contributed by atoms with Crippen LogP contribution in [0.5, 0.6) is 5.75 Å². The van der Waals surface area contributed by atoms with Gasteiger partial charge in [-0.1, -0.05) is 36.7 Å². The minimum Gasteiger partial charge on any atom is -0.490 e. The number of amides is 1. The SMILES string of the molecule is CO[C@]1(CN2CC3(C2)CS(=O)(=O)C3)/C=C\C[C@H](C)[C@@H](C)S(=O)(=O)NC(=O)c2ccc3c(c2)N(C[C@@H]2CC[C@H]21)C[C@@]1(CCCc2cc(Cl)ccc21)CO3. The highest BCUT2D eigenvalue weighted by Gasteiger charge is 2.58. The molecule has 4 aliphatic heterocycles. The van der Waals surface area contributed by atoms with Gasteiger partial charge in [-0.25, -0.2) is 21.6 Å². The molecule has 282 valence electrons. The van der Waals surface area contributed by atoms with Gasteiger partial charge in [0, 0.05) is 61.2 Å². The van der Waals surface area contributed by atoms with E-state index in [2.05, 4.69) is 38.8 Å². The maximum Gasteiger partial charge on any atom is 0.264 e. The summed E-state index contributed by atoms with van der Waals surface area (Å²) in [6, 6.07) is 11.5. The standard InChI is InChI=1S/C39H50ClN3O7S2/c1-26-6-4-15-39(49-3,22-42-19-37(20-42)24-51(45,46)25-37)33-11-8-30(33)18-43-21-38(14-5-7-28-16-31(40)10-12-32(28)38)23-50-35-13-9-29(17-34(35)43)36(44)41-52(47,48)27(26)2/h4,9-10,12-13,15-17,26-27,30,33H,5-8,11,14,18-25H2,1-3H3,(H,41,44)/b15-4-/t26-,27+,30-,33+,38-,39-/m0/s1. The Morgan fingerprint density at radius 1 is 1.04 bits per heavy atom. The number of ether oxygens (including phenoxy) is 2. The highest BCUT2D eigenvalue weighted by Crippen LogP contribution is 2.51. The molecule has 6 atom stereocenters. The van der Waals surface area contributed by atoms with Crippen molar-refractivity contribution in [3.63, 3.8) is 0 Å². The van der Waals surface area contributed by atoms with E-state index in [1.165, 1.54) is 11.1 Å². The Bertz CT molecular complexity index is 2000. The fourth-order valence-electron chi connectivity index (χ4n) is 10.2. The Morgan fingerprint density at radius 2 is 1.83 bits per heavy atom. The Balaban J connectivity index is 1.18. The number of nitrogens with zero attached hydrogens (tertiary/aromatic N) is 2. The molecule has 8 rings (SSSR count). The van der Waals surface area contributed by atoms with Gasteiger partial charge in [0.25, 0.3) is 5.91 Å². The molecule has 2 aliphatic carbocycles. The van der Waals surface area contributed by atoms with Crippen LogP contribution in [-0.4, -0.2) is 96.4 Å². The van der Waals surface area contributed by atoms with Crippen molar-refractivity contribution in [2.45, 2.75) is 68.6 Å². The topological polar surface area (TPSA) is 122 Å². The Hall–Kier alpha value is -2.64. The first-order valence-corrected chi connectivity index (χ1v) is 22.4. The predicted molar refractivity (Wildman–Crippen MR) is 202 cm³/mol. The van der Waals surface area contributed by atoms with Gasteiger partial charge in [-0.2, -0.15) is 0 Å². The number of hydrogen-bond acceptors (Lipinski definition) is 9. The average Bonchev–Trinajstić information content (AvgIpc) is 3.20. The van der Waals surface area contributed by atoms with E-state index < -0.39 is 36.6 Å². The normalized spacial score (nSPS) is 35.4. The molecular weight excluding hydrogens is 722 g/mol. The third-order valence-electron chi connectivity index (χ3n) is 13.3. The molecule has 1 amide bonds. The number of aryl methyl sites for hydroxylation is 1. The first-order chi connectivity index (χ1) is 24.6. The number of likely N-dealkylation sites (tertiary alicyclic amines) is 1. The first-order valence-electron chi connectivity index (χ1n) is 18.7. The second-order valence-electron chi connectivity index (χ2n) is 16.9. The van der Waals surface area contributed by atoms with E-state index in [0.29, 0.717) is 38.4 Å². The van der Waals surface area contributed by atoms with E-state index in [9.17, 15) is 21.6 Å². The fourth-order valence-corrected chi connectivity index (χ4v) is 13.9. The number of sulfone groups is 1. The molecular formula is C39H50ClN3O7S2. The number of hydrogen-bond donors (Lipinski definition) is 1. The number of benzene rings is 2. The Morgan fingerprint density at radius 3 is 2.54 bits per heavy atom. The average molecular weight is 772 g/mol. The number of rotatable bonds is 3. The quantitative estimate of drug-likeness (QED) is 0.430. The van der Waals surface area contributed by atoms with Crippen molar-refractivity contribution >= 4 is 43.1 Å². The van der Waals surface area contributed by atoms with Gasteiger partial charge in [0.2, 0.25) is 10.0 Å². The lowest BCUT2D eigenvalue weighted by atomic mass is 9.63. The molecule has 2 aromatic carbocycles. The van der Waals surface area contributed by atoms with Crippen molar-refractivity contribution in [2.24, 2.45) is 23.2 Å². The molecule has 6 aliphatic rings. The maximum atomic E-state index is 13.6. The van der Waals surface area contributed by atoms with E-state index in [-0.39, 0.29) is 45.7 Å². The van der Waals surface area contributed by atoms with Gasteiger partial charge in [-0.3, -0.25) is 9.69 Å². The van der Waals surface area contributed by atoms with Crippen LogP contribution in [0.25, 0.3) is 0 Å². The van der Waals surface area contributed by atoms with Crippen LogP contribution in [0, 0.1) is 23.2 Å². The molecule has 1 N–H and O–H groups in total. The zero-order valence-corrected chi connectivity index (χ0v) is 32.7. The summed E-state index contributed by atoms with van der Waals surface area (Å²) >= 11 is 6.48. The summed E-state index contributed by atoms with van der Waals surface area (Å²) in [5.41, 5.74) is 2.47. The highest BCUT2D eigenvalue weighted by molar-refractivity contribution is 7.92. The number of methoxy groups -OCH3 is 1. The van der Waals surface area contributed by atoms with Crippen molar-refractivity contribution in [3.05, 3.63) is 70.3 Å². The number of allylic oxidation sites excluding steroid dienone is 1. The third-order valence-corrected chi connectivity index (χ3v) is 17.5. The van der Waals surface area contributed by atoms with Crippen LogP contribution in [0.2, 0.25) is 5.02 Å². The predicted octanol–water partition coefficient (Wildman–Crippen LogP) is 5.00. The Labute approximate surface area is 313 Å². The molecule has 2 bridgehead atoms. The van der Waals surface area contributed by atoms with Crippen LogP contribution < -0.4 is 14.4 Å². The number of carbonyl (C=O) groups excluding carboxylic acids is 1. The van der Waals surface area contributed by atoms with E-state index in [4.69, 9.17) is 21.1 Å². The minimum absolute atomic E-state index is 0.139. The summed E-state index contributed by atoms with van der Waals surface area (Å²) in [6.45, 7) is 7.52. The van der Waals surface area contributed by atoms with Crippen LogP contribution in [0.1, 0.15) is 67.4 Å². The summed E-state index contributed by atoms with van der Waals surface area (Å²) in [4.78, 5) is 18.3. The summed E-state index contributed by atoms with van der Waals surface area (Å²) in [5, 5.41) is -0.0973. The van der Waals surface area contributed by atoms with E-state index >= 15 is 0 Å². The van der Waals surface area contributed by atoms with Crippen molar-refractivity contribution in [1.82, 2.24) is 9.62 Å². The smallest absolute Gasteiger partial charge is 0.264 e. The zero-order chi connectivity index (χ0) is 36.7. The van der Waals surface area contributed by atoms with Gasteiger partial charge >= 0.3 is 0 Å². The van der Waals surface area contributed by atoms with Crippen molar-refractivity contribution < 1.29 is 31.1 Å². The van der Waals surface area contributed by atoms with Crippen LogP contribution in [0.4, 0.5) is 5.69 Å². The lowest BCUT2D eigenvalue weighted by Gasteiger charge is -2.58. The van der Waals surface area contributed by atoms with E-state index in [1.807, 2.05) is 19.1 Å². The van der Waals surface area contributed by atoms with Gasteiger partial charge in [-0.05, 0) is 105 Å². The van der Waals surface area contributed by atoms with Gasteiger partial charge in [0.1, 0.15) is 11.4 Å². The summed E-state index contributed by atoms with van der Waals surface area (Å²) in [7, 11) is -5.15. The van der Waals surface area contributed by atoms with Crippen LogP contribution >= 0.6 is 11.6 Å². The maximum absolute atomic E-state index is 13.6. The summed E-state index contributed by atoms with van der Waals surface area (Å²) in [6.07, 6.45) is 9.61. The third kappa shape index (κ3) is 6.37. The number of sulfonamides is 1. The highest BCUT2D eigenvalue weighted by atomic mass is 35.5. The molecule has 0 radical (unpaired) electrons. The molecule has 4 heterocycles. The van der Waals surface area contributed by atoms with E-state index in [0.717, 1.165) is 55.9 Å². The fraction of sp³-hybridized carbons (Fsp3) is 0.615. The summed E-state index contributed by atoms with van der Waals surface area (Å²) < 4.78 is 66.9. The molecule has 13 heteroatoms. The molecule has 0 aromatic heterocycles. The van der Waals surface area contributed by atoms with Crippen molar-refractivity contribution in [2.75, 3.05) is 62.8 Å². The van der Waals surface area contributed by atoms with Gasteiger partial charge in [-0.15, -0.1) is 0 Å². The van der Waals surface area contributed by atoms with Gasteiger partial charge < -0.3 is 14.4 Å². The van der Waals surface area contributed by atoms with Crippen LogP contribution in [-0.2, 0) is 36.4 Å². The molecule has 3 fully saturated rings. The van der Waals surface area contributed by atoms with Crippen LogP contribution in [0.15, 0.2) is 48.6 Å². The second-order valence-corrected chi connectivity index (χ2v) is 21.4. The lowest BCUT2D eigenvalue weighted by molar-refractivity contribution is -0.115. The number of halogens is 1.